The average Bonchev–Trinajstić information content (AvgIpc) is 2.05. The highest BCUT2D eigenvalue weighted by Crippen LogP contribution is 2.14. The minimum absolute atomic E-state index is 0.630. The van der Waals surface area contributed by atoms with Gasteiger partial charge in [0.1, 0.15) is 5.75 Å². The molecule has 0 saturated heterocycles. The number of anilines is 1. The third-order valence-electron chi connectivity index (χ3n) is 1.39. The lowest BCUT2D eigenvalue weighted by Crippen LogP contribution is -2.23. The summed E-state index contributed by atoms with van der Waals surface area (Å²) in [6.07, 6.45) is 0. The minimum Gasteiger partial charge on any atom is -0.497 e. The molecule has 0 aromatic heterocycles. The monoisotopic (exact) mass is 167 g/mol. The van der Waals surface area contributed by atoms with Crippen LogP contribution in [-0.4, -0.2) is 24.4 Å². The van der Waals surface area contributed by atoms with Crippen LogP contribution in [0.2, 0.25) is 0 Å². The molecule has 1 rings (SSSR count). The SMILES string of the molecule is COc1ccc(NB(O)O)cc1. The lowest BCUT2D eigenvalue weighted by Gasteiger charge is -2.04. The van der Waals surface area contributed by atoms with Gasteiger partial charge in [-0.25, -0.2) is 0 Å². The largest absolute Gasteiger partial charge is 0.585 e. The van der Waals surface area contributed by atoms with Gasteiger partial charge >= 0.3 is 7.25 Å². The number of nitrogens with one attached hydrogen (secondary N) is 1. The molecule has 3 N–H and O–H groups in total. The van der Waals surface area contributed by atoms with Crippen molar-refractivity contribution in [1.29, 1.82) is 0 Å². The maximum atomic E-state index is 8.55. The second-order valence-electron chi connectivity index (χ2n) is 2.25. The molecule has 12 heavy (non-hydrogen) atoms. The Hall–Kier alpha value is -1.20. The quantitative estimate of drug-likeness (QED) is 0.557. The Morgan fingerprint density at radius 1 is 1.25 bits per heavy atom. The van der Waals surface area contributed by atoms with E-state index < -0.39 is 7.25 Å². The van der Waals surface area contributed by atoms with Crippen LogP contribution in [-0.2, 0) is 0 Å². The Morgan fingerprint density at radius 2 is 1.83 bits per heavy atom. The maximum absolute atomic E-state index is 8.55. The summed E-state index contributed by atoms with van der Waals surface area (Å²) in [5.74, 6) is 0.730. The standard InChI is InChI=1S/C7H10BNO3/c1-12-7-4-2-6(3-5-7)9-8(10)11/h2-5,9-11H,1H3. The predicted octanol–water partition coefficient (Wildman–Crippen LogP) is 0.0766. The van der Waals surface area contributed by atoms with E-state index in [0.717, 1.165) is 5.75 Å². The summed E-state index contributed by atoms with van der Waals surface area (Å²) in [6.45, 7) is 0. The smallest absolute Gasteiger partial charge is 0.497 e. The van der Waals surface area contributed by atoms with Gasteiger partial charge in [0.15, 0.2) is 0 Å². The molecule has 0 unspecified atom stereocenters. The molecule has 0 saturated carbocycles. The highest BCUT2D eigenvalue weighted by atomic mass is 16.5. The van der Waals surface area contributed by atoms with Crippen molar-refractivity contribution >= 4 is 12.9 Å². The van der Waals surface area contributed by atoms with Crippen LogP contribution in [0.5, 0.6) is 5.75 Å². The number of methoxy groups -OCH3 is 1. The van der Waals surface area contributed by atoms with Gasteiger partial charge in [0.05, 0.1) is 7.11 Å². The van der Waals surface area contributed by atoms with E-state index in [0.29, 0.717) is 5.69 Å². The molecule has 0 aliphatic rings. The molecular weight excluding hydrogens is 157 g/mol. The van der Waals surface area contributed by atoms with Gasteiger partial charge in [0.25, 0.3) is 0 Å². The molecule has 0 heterocycles. The fraction of sp³-hybridized carbons (Fsp3) is 0.143. The zero-order valence-electron chi connectivity index (χ0n) is 6.69. The molecule has 0 atom stereocenters. The summed E-state index contributed by atoms with van der Waals surface area (Å²) >= 11 is 0. The molecule has 1 aromatic rings. The molecule has 0 fully saturated rings. The fourth-order valence-electron chi connectivity index (χ4n) is 0.836. The number of rotatable bonds is 3. The molecule has 64 valence electrons. The van der Waals surface area contributed by atoms with Crippen molar-refractivity contribution in [2.24, 2.45) is 0 Å². The lowest BCUT2D eigenvalue weighted by atomic mass is 10.1. The number of benzene rings is 1. The van der Waals surface area contributed by atoms with Crippen LogP contribution < -0.4 is 9.96 Å². The van der Waals surface area contributed by atoms with Crippen molar-refractivity contribution in [2.45, 2.75) is 0 Å². The van der Waals surface area contributed by atoms with Crippen molar-refractivity contribution in [1.82, 2.24) is 0 Å². The van der Waals surface area contributed by atoms with E-state index in [-0.39, 0.29) is 0 Å². The van der Waals surface area contributed by atoms with E-state index in [2.05, 4.69) is 5.23 Å². The first-order valence-corrected chi connectivity index (χ1v) is 3.49. The van der Waals surface area contributed by atoms with Gasteiger partial charge in [0, 0.05) is 5.69 Å². The van der Waals surface area contributed by atoms with E-state index >= 15 is 0 Å². The van der Waals surface area contributed by atoms with Gasteiger partial charge in [-0.15, -0.1) is 0 Å². The van der Waals surface area contributed by atoms with Crippen molar-refractivity contribution in [2.75, 3.05) is 12.3 Å². The molecule has 0 bridgehead atoms. The third-order valence-corrected chi connectivity index (χ3v) is 1.39. The van der Waals surface area contributed by atoms with Crippen LogP contribution in [0.15, 0.2) is 24.3 Å². The maximum Gasteiger partial charge on any atom is 0.585 e. The molecule has 1 aromatic carbocycles. The van der Waals surface area contributed by atoms with E-state index in [1.54, 1.807) is 31.4 Å². The first-order chi connectivity index (χ1) is 5.72. The summed E-state index contributed by atoms with van der Waals surface area (Å²) in [6, 6.07) is 6.84. The van der Waals surface area contributed by atoms with Crippen molar-refractivity contribution in [3.63, 3.8) is 0 Å². The Bertz CT molecular complexity index is 237. The molecule has 0 amide bonds. The van der Waals surface area contributed by atoms with Gasteiger partial charge in [-0.05, 0) is 24.3 Å². The lowest BCUT2D eigenvalue weighted by molar-refractivity contribution is 0.413. The Morgan fingerprint density at radius 3 is 2.25 bits per heavy atom. The summed E-state index contributed by atoms with van der Waals surface area (Å²) in [7, 11) is 0.0435. The summed E-state index contributed by atoms with van der Waals surface area (Å²) in [5, 5.41) is 19.5. The van der Waals surface area contributed by atoms with Crippen molar-refractivity contribution in [3.05, 3.63) is 24.3 Å². The van der Waals surface area contributed by atoms with Crippen LogP contribution in [0.3, 0.4) is 0 Å². The van der Waals surface area contributed by atoms with Crippen LogP contribution >= 0.6 is 0 Å². The Labute approximate surface area is 71.0 Å². The van der Waals surface area contributed by atoms with E-state index in [1.807, 2.05) is 0 Å². The minimum atomic E-state index is -1.53. The van der Waals surface area contributed by atoms with Gasteiger partial charge in [-0.3, -0.25) is 0 Å². The summed E-state index contributed by atoms with van der Waals surface area (Å²) in [5.41, 5.74) is 0.630. The second kappa shape index (κ2) is 3.99. The van der Waals surface area contributed by atoms with E-state index in [9.17, 15) is 0 Å². The zero-order chi connectivity index (χ0) is 8.97. The molecule has 4 nitrogen and oxygen atoms in total. The zero-order valence-corrected chi connectivity index (χ0v) is 6.69. The van der Waals surface area contributed by atoms with E-state index in [4.69, 9.17) is 14.8 Å². The Balaban J connectivity index is 2.65. The molecule has 0 aliphatic carbocycles. The van der Waals surface area contributed by atoms with Crippen LogP contribution in [0.25, 0.3) is 0 Å². The predicted molar refractivity (Wildman–Crippen MR) is 46.8 cm³/mol. The Kier molecular flexibility index (Phi) is 2.96. The molecule has 0 radical (unpaired) electrons. The fourth-order valence-corrected chi connectivity index (χ4v) is 0.836. The topological polar surface area (TPSA) is 61.7 Å². The van der Waals surface area contributed by atoms with Crippen LogP contribution in [0, 0.1) is 0 Å². The van der Waals surface area contributed by atoms with Gasteiger partial charge in [0.2, 0.25) is 0 Å². The molecule has 5 heteroatoms. The van der Waals surface area contributed by atoms with Gasteiger partial charge in [-0.1, -0.05) is 0 Å². The number of ether oxygens (including phenoxy) is 1. The normalized spacial score (nSPS) is 9.25. The first-order valence-electron chi connectivity index (χ1n) is 3.49. The summed E-state index contributed by atoms with van der Waals surface area (Å²) < 4.78 is 4.92. The second-order valence-corrected chi connectivity index (χ2v) is 2.25. The first kappa shape index (κ1) is 8.90. The van der Waals surface area contributed by atoms with Crippen LogP contribution in [0.4, 0.5) is 5.69 Å². The third kappa shape index (κ3) is 2.45. The van der Waals surface area contributed by atoms with Crippen LogP contribution in [0.1, 0.15) is 0 Å². The summed E-state index contributed by atoms with van der Waals surface area (Å²) in [4.78, 5) is 0. The number of hydrogen-bond donors (Lipinski definition) is 3. The van der Waals surface area contributed by atoms with E-state index in [1.165, 1.54) is 0 Å². The average molecular weight is 167 g/mol. The van der Waals surface area contributed by atoms with Gasteiger partial charge in [-0.2, -0.15) is 0 Å². The highest BCUT2D eigenvalue weighted by Gasteiger charge is 2.05. The molecule has 0 aliphatic heterocycles. The molecular formula is C7H10BNO3. The molecule has 0 spiro atoms. The van der Waals surface area contributed by atoms with Crippen molar-refractivity contribution in [3.8, 4) is 5.75 Å². The van der Waals surface area contributed by atoms with Crippen molar-refractivity contribution < 1.29 is 14.8 Å². The number of hydrogen-bond acceptors (Lipinski definition) is 4. The highest BCUT2D eigenvalue weighted by molar-refractivity contribution is 6.45. The van der Waals surface area contributed by atoms with Gasteiger partial charge < -0.3 is 20.0 Å².